The van der Waals surface area contributed by atoms with Crippen LogP contribution >= 0.6 is 0 Å². The van der Waals surface area contributed by atoms with Gasteiger partial charge in [0.05, 0.1) is 17.7 Å². The zero-order valence-electron chi connectivity index (χ0n) is 24.5. The monoisotopic (exact) mass is 680 g/mol. The number of halogens is 6. The largest absolute Gasteiger partial charge is 0.490 e. The third-order valence-electron chi connectivity index (χ3n) is 6.15. The first-order chi connectivity index (χ1) is 22.5. The number of nitrogens with two attached hydrogens (primary N) is 1. The molecule has 2 aromatic carbocycles. The number of nitrogens with zero attached hydrogens (tertiary/aromatic N) is 4. The molecule has 12 nitrogen and oxygen atoms in total. The van der Waals surface area contributed by atoms with Gasteiger partial charge in [-0.1, -0.05) is 12.1 Å². The molecule has 1 aliphatic rings. The molecule has 4 rings (SSSR count). The van der Waals surface area contributed by atoms with E-state index in [1.807, 2.05) is 48.5 Å². The van der Waals surface area contributed by atoms with Crippen molar-refractivity contribution in [2.75, 3.05) is 11.9 Å². The van der Waals surface area contributed by atoms with Crippen molar-refractivity contribution in [1.29, 1.82) is 10.5 Å². The van der Waals surface area contributed by atoms with Crippen molar-refractivity contribution in [3.05, 3.63) is 78.0 Å². The van der Waals surface area contributed by atoms with Crippen molar-refractivity contribution in [3.8, 4) is 23.6 Å². The number of carbonyl (C=O) groups excluding carboxylic acids is 1. The summed E-state index contributed by atoms with van der Waals surface area (Å²) >= 11 is 0. The van der Waals surface area contributed by atoms with Gasteiger partial charge in [-0.2, -0.15) is 36.9 Å². The second-order valence-electron chi connectivity index (χ2n) is 9.64. The fraction of sp³-hybridized carbons (Fsp3) is 0.267. The van der Waals surface area contributed by atoms with Crippen molar-refractivity contribution in [3.63, 3.8) is 0 Å². The maximum Gasteiger partial charge on any atom is 0.490 e. The number of nitrogens with one attached hydrogen (secondary N) is 1. The van der Waals surface area contributed by atoms with E-state index in [9.17, 15) is 41.7 Å². The van der Waals surface area contributed by atoms with Crippen LogP contribution in [0.2, 0.25) is 0 Å². The number of hydrogen-bond donors (Lipinski definition) is 4. The van der Waals surface area contributed by atoms with Crippen LogP contribution < -0.4 is 15.8 Å². The minimum Gasteiger partial charge on any atom is -0.475 e. The zero-order valence-corrected chi connectivity index (χ0v) is 24.5. The SMILES string of the molecule is N#Cc1cccnc1Nc1ccc(Oc2ccc(C[C@H](N)C(=O)N3CCC[C@H]3C#N)cc2)cc1.O=C(O)C(F)(F)F.O=C(O)C(F)(F)F. The van der Waals surface area contributed by atoms with Crippen LogP contribution in [0, 0.1) is 22.7 Å². The van der Waals surface area contributed by atoms with Crippen LogP contribution in [-0.2, 0) is 20.8 Å². The Bertz CT molecular complexity index is 1610. The van der Waals surface area contributed by atoms with Gasteiger partial charge in [0.2, 0.25) is 5.91 Å². The second kappa shape index (κ2) is 17.2. The van der Waals surface area contributed by atoms with Crippen molar-refractivity contribution in [2.45, 2.75) is 43.7 Å². The molecule has 254 valence electrons. The predicted molar refractivity (Wildman–Crippen MR) is 155 cm³/mol. The topological polar surface area (TPSA) is 203 Å². The van der Waals surface area contributed by atoms with Gasteiger partial charge in [-0.15, -0.1) is 0 Å². The normalized spacial score (nSPS) is 14.4. The number of nitriles is 2. The summed E-state index contributed by atoms with van der Waals surface area (Å²) in [5.41, 5.74) is 8.31. The fourth-order valence-electron chi connectivity index (χ4n) is 3.89. The number of rotatable bonds is 7. The van der Waals surface area contributed by atoms with E-state index in [4.69, 9.17) is 30.3 Å². The minimum atomic E-state index is -5.08. The fourth-order valence-corrected chi connectivity index (χ4v) is 3.89. The van der Waals surface area contributed by atoms with E-state index in [0.717, 1.165) is 17.7 Å². The van der Waals surface area contributed by atoms with Crippen LogP contribution in [0.15, 0.2) is 66.9 Å². The van der Waals surface area contributed by atoms with Gasteiger partial charge in [-0.3, -0.25) is 4.79 Å². The van der Waals surface area contributed by atoms with Gasteiger partial charge in [-0.25, -0.2) is 14.6 Å². The minimum absolute atomic E-state index is 0.175. The van der Waals surface area contributed by atoms with Crippen LogP contribution in [-0.4, -0.2) is 68.9 Å². The van der Waals surface area contributed by atoms with Crippen LogP contribution in [0.25, 0.3) is 0 Å². The van der Waals surface area contributed by atoms with Gasteiger partial charge in [-0.05, 0) is 73.4 Å². The van der Waals surface area contributed by atoms with Gasteiger partial charge in [0, 0.05) is 18.4 Å². The first-order valence-corrected chi connectivity index (χ1v) is 13.5. The number of aromatic nitrogens is 1. The molecule has 5 N–H and O–H groups in total. The summed E-state index contributed by atoms with van der Waals surface area (Å²) in [5.74, 6) is -3.88. The molecule has 18 heteroatoms. The van der Waals surface area contributed by atoms with Crippen molar-refractivity contribution in [2.24, 2.45) is 5.73 Å². The molecule has 1 fully saturated rings. The average Bonchev–Trinajstić information content (AvgIpc) is 3.51. The van der Waals surface area contributed by atoms with E-state index in [1.54, 1.807) is 23.2 Å². The summed E-state index contributed by atoms with van der Waals surface area (Å²) in [6.07, 6.45) is -6.60. The molecular formula is C30H26F6N6O6. The van der Waals surface area contributed by atoms with E-state index in [1.165, 1.54) is 0 Å². The van der Waals surface area contributed by atoms with Gasteiger partial charge >= 0.3 is 24.3 Å². The first-order valence-electron chi connectivity index (χ1n) is 13.5. The maximum atomic E-state index is 12.6. The number of benzene rings is 2. The molecule has 0 unspecified atom stereocenters. The number of anilines is 2. The number of ether oxygens (including phenoxy) is 1. The number of carboxylic acid groups (broad SMARTS) is 2. The summed E-state index contributed by atoms with van der Waals surface area (Å²) in [7, 11) is 0. The lowest BCUT2D eigenvalue weighted by molar-refractivity contribution is -0.193. The van der Waals surface area contributed by atoms with E-state index < -0.39 is 30.3 Å². The van der Waals surface area contributed by atoms with Crippen LogP contribution in [0.5, 0.6) is 11.5 Å². The highest BCUT2D eigenvalue weighted by molar-refractivity contribution is 5.83. The Balaban J connectivity index is 0.000000479. The smallest absolute Gasteiger partial charge is 0.475 e. The van der Waals surface area contributed by atoms with E-state index in [-0.39, 0.29) is 11.9 Å². The third kappa shape index (κ3) is 12.1. The molecule has 1 saturated heterocycles. The summed E-state index contributed by atoms with van der Waals surface area (Å²) in [4.78, 5) is 36.2. The van der Waals surface area contributed by atoms with Crippen molar-refractivity contribution in [1.82, 2.24) is 9.88 Å². The maximum absolute atomic E-state index is 12.6. The Morgan fingerprint density at radius 3 is 1.96 bits per heavy atom. The molecule has 0 saturated carbocycles. The molecule has 0 radical (unpaired) electrons. The van der Waals surface area contributed by atoms with Crippen molar-refractivity contribution < 1.29 is 55.7 Å². The van der Waals surface area contributed by atoms with Gasteiger partial charge < -0.3 is 30.9 Å². The summed E-state index contributed by atoms with van der Waals surface area (Å²) < 4.78 is 69.4. The quantitative estimate of drug-likeness (QED) is 0.241. The molecule has 0 spiro atoms. The summed E-state index contributed by atoms with van der Waals surface area (Å²) in [5, 5.41) is 35.8. The number of amides is 1. The first kappa shape index (κ1) is 38.3. The third-order valence-corrected chi connectivity index (χ3v) is 6.15. The number of carboxylic acids is 2. The Hall–Kier alpha value is -5.88. The Morgan fingerprint density at radius 1 is 0.958 bits per heavy atom. The Kier molecular flexibility index (Phi) is 13.7. The lowest BCUT2D eigenvalue weighted by atomic mass is 10.0. The lowest BCUT2D eigenvalue weighted by Gasteiger charge is -2.23. The molecule has 48 heavy (non-hydrogen) atoms. The molecule has 0 bridgehead atoms. The standard InChI is InChI=1S/C26H24N6O2.2C2HF3O2/c27-16-19-3-1-13-30-25(19)31-20-7-11-23(12-8-20)34-22-9-5-18(6-10-22)15-24(29)26(33)32-14-2-4-21(32)17-28;2*3-2(4,5)1(6)7/h1,3,5-13,21,24H,2,4,14-15,29H2,(H,30,31);2*(H,6,7)/t21-,24-;;/m0../s1. The summed E-state index contributed by atoms with van der Waals surface area (Å²) in [6.45, 7) is 0.590. The average molecular weight is 681 g/mol. The van der Waals surface area contributed by atoms with Crippen LogP contribution in [0.1, 0.15) is 24.0 Å². The van der Waals surface area contributed by atoms with Crippen molar-refractivity contribution >= 4 is 29.4 Å². The highest BCUT2D eigenvalue weighted by Crippen LogP contribution is 2.26. The highest BCUT2D eigenvalue weighted by atomic mass is 19.4. The number of aliphatic carboxylic acids is 2. The molecule has 2 atom stereocenters. The molecule has 1 aliphatic heterocycles. The van der Waals surface area contributed by atoms with E-state index >= 15 is 0 Å². The van der Waals surface area contributed by atoms with Gasteiger partial charge in [0.1, 0.15) is 29.4 Å². The number of likely N-dealkylation sites (tertiary alicyclic amines) is 1. The summed E-state index contributed by atoms with van der Waals surface area (Å²) in [6, 6.07) is 21.4. The molecule has 1 amide bonds. The number of alkyl halides is 6. The number of carbonyl (C=O) groups is 3. The van der Waals surface area contributed by atoms with E-state index in [0.29, 0.717) is 42.3 Å². The van der Waals surface area contributed by atoms with Gasteiger partial charge in [0.15, 0.2) is 0 Å². The van der Waals surface area contributed by atoms with Crippen LogP contribution in [0.4, 0.5) is 37.8 Å². The highest BCUT2D eigenvalue weighted by Gasteiger charge is 2.39. The molecular weight excluding hydrogens is 654 g/mol. The lowest BCUT2D eigenvalue weighted by Crippen LogP contribution is -2.46. The van der Waals surface area contributed by atoms with E-state index in [2.05, 4.69) is 22.4 Å². The molecule has 1 aromatic heterocycles. The Labute approximate surface area is 268 Å². The Morgan fingerprint density at radius 2 is 1.48 bits per heavy atom. The molecule has 3 aromatic rings. The second-order valence-corrected chi connectivity index (χ2v) is 9.64. The molecule has 2 heterocycles. The van der Waals surface area contributed by atoms with Gasteiger partial charge in [0.25, 0.3) is 0 Å². The number of pyridine rings is 1. The predicted octanol–water partition coefficient (Wildman–Crippen LogP) is 5.14. The van der Waals surface area contributed by atoms with Crippen LogP contribution in [0.3, 0.4) is 0 Å². The zero-order chi connectivity index (χ0) is 36.1. The number of hydrogen-bond acceptors (Lipinski definition) is 9. The molecule has 0 aliphatic carbocycles.